The number of nitrogens with zero attached hydrogens (tertiary/aromatic N) is 1. The lowest BCUT2D eigenvalue weighted by Crippen LogP contribution is -2.26. The van der Waals surface area contributed by atoms with Crippen molar-refractivity contribution in [3.05, 3.63) is 59.9 Å². The van der Waals surface area contributed by atoms with Crippen LogP contribution in [0.1, 0.15) is 35.7 Å². The highest BCUT2D eigenvalue weighted by Gasteiger charge is 2.12. The minimum absolute atomic E-state index is 0.115. The maximum atomic E-state index is 11.9. The molecule has 0 spiro atoms. The molecule has 1 heterocycles. The molecule has 8 heteroatoms. The Hall–Kier alpha value is -2.58. The number of Topliss-reactive ketones (excluding diaryl/α,β-unsaturated/α-hetero) is 1. The molecule has 144 valence electrons. The van der Waals surface area contributed by atoms with Crippen molar-refractivity contribution >= 4 is 21.7 Å². The Morgan fingerprint density at radius 3 is 2.44 bits per heavy atom. The van der Waals surface area contributed by atoms with E-state index in [1.807, 2.05) is 0 Å². The summed E-state index contributed by atoms with van der Waals surface area (Å²) in [5.41, 5.74) is 1.41. The van der Waals surface area contributed by atoms with Crippen molar-refractivity contribution in [2.24, 2.45) is 0 Å². The molecular weight excluding hydrogens is 366 g/mol. The topological polar surface area (TPSA) is 105 Å². The Morgan fingerprint density at radius 2 is 1.81 bits per heavy atom. The number of pyridine rings is 1. The van der Waals surface area contributed by atoms with Crippen LogP contribution in [0.2, 0.25) is 0 Å². The summed E-state index contributed by atoms with van der Waals surface area (Å²) in [4.78, 5) is 27.9. The summed E-state index contributed by atoms with van der Waals surface area (Å²) in [6.45, 7) is 2.47. The number of ketones is 1. The fourth-order valence-corrected chi connectivity index (χ4v) is 3.48. The van der Waals surface area contributed by atoms with Gasteiger partial charge in [0.25, 0.3) is 0 Å². The number of sulfonamides is 1. The zero-order valence-electron chi connectivity index (χ0n) is 15.1. The van der Waals surface area contributed by atoms with Crippen LogP contribution in [-0.2, 0) is 21.2 Å². The van der Waals surface area contributed by atoms with Crippen molar-refractivity contribution in [2.45, 2.75) is 31.1 Å². The van der Waals surface area contributed by atoms with E-state index in [-0.39, 0.29) is 29.4 Å². The predicted molar refractivity (Wildman–Crippen MR) is 102 cm³/mol. The van der Waals surface area contributed by atoms with Gasteiger partial charge in [0.05, 0.1) is 4.90 Å². The van der Waals surface area contributed by atoms with Gasteiger partial charge in [0.15, 0.2) is 5.78 Å². The normalized spacial score (nSPS) is 11.1. The summed E-state index contributed by atoms with van der Waals surface area (Å²) in [7, 11) is -3.46. The lowest BCUT2D eigenvalue weighted by atomic mass is 10.1. The highest BCUT2D eigenvalue weighted by molar-refractivity contribution is 7.89. The second kappa shape index (κ2) is 9.94. The van der Waals surface area contributed by atoms with E-state index < -0.39 is 10.0 Å². The Labute approximate surface area is 159 Å². The van der Waals surface area contributed by atoms with Crippen molar-refractivity contribution in [3.63, 3.8) is 0 Å². The van der Waals surface area contributed by atoms with Crippen LogP contribution in [0, 0.1) is 0 Å². The summed E-state index contributed by atoms with van der Waals surface area (Å²) in [5, 5.41) is 2.77. The van der Waals surface area contributed by atoms with Crippen molar-refractivity contribution in [1.82, 2.24) is 15.0 Å². The summed E-state index contributed by atoms with van der Waals surface area (Å²) in [6.07, 6.45) is 3.90. The van der Waals surface area contributed by atoms with Crippen molar-refractivity contribution in [1.29, 1.82) is 0 Å². The largest absolute Gasteiger partial charge is 0.356 e. The van der Waals surface area contributed by atoms with E-state index >= 15 is 0 Å². The van der Waals surface area contributed by atoms with E-state index in [1.165, 1.54) is 6.20 Å². The first-order chi connectivity index (χ1) is 12.9. The molecule has 0 aliphatic heterocycles. The SMILES string of the molecule is CCNS(=O)(=O)c1ccc(CCNC(=O)CCC(=O)c2cccnc2)cc1. The maximum Gasteiger partial charge on any atom is 0.240 e. The Bertz CT molecular complexity index is 866. The quantitative estimate of drug-likeness (QED) is 0.602. The van der Waals surface area contributed by atoms with E-state index in [0.29, 0.717) is 25.1 Å². The number of aromatic nitrogens is 1. The molecule has 2 aromatic rings. The number of benzene rings is 1. The van der Waals surface area contributed by atoms with Gasteiger partial charge in [-0.2, -0.15) is 0 Å². The van der Waals surface area contributed by atoms with Gasteiger partial charge in [0.1, 0.15) is 0 Å². The maximum absolute atomic E-state index is 11.9. The molecule has 7 nitrogen and oxygen atoms in total. The average molecular weight is 389 g/mol. The first-order valence-corrected chi connectivity index (χ1v) is 10.2. The Kier molecular flexibility index (Phi) is 7.63. The smallest absolute Gasteiger partial charge is 0.240 e. The summed E-state index contributed by atoms with van der Waals surface area (Å²) in [5.74, 6) is -0.311. The number of carbonyl (C=O) groups is 2. The van der Waals surface area contributed by atoms with E-state index in [0.717, 1.165) is 5.56 Å². The molecule has 0 unspecified atom stereocenters. The second-order valence-electron chi connectivity index (χ2n) is 5.91. The van der Waals surface area contributed by atoms with Crippen molar-refractivity contribution in [2.75, 3.05) is 13.1 Å². The van der Waals surface area contributed by atoms with Crippen LogP contribution in [0.15, 0.2) is 53.7 Å². The highest BCUT2D eigenvalue weighted by Crippen LogP contribution is 2.10. The predicted octanol–water partition coefficient (Wildman–Crippen LogP) is 1.70. The van der Waals surface area contributed by atoms with Gasteiger partial charge in [0, 0.05) is 43.9 Å². The van der Waals surface area contributed by atoms with E-state index in [9.17, 15) is 18.0 Å². The molecule has 2 N–H and O–H groups in total. The molecule has 0 aliphatic carbocycles. The molecule has 1 amide bonds. The van der Waals surface area contributed by atoms with Gasteiger partial charge < -0.3 is 5.32 Å². The molecule has 2 rings (SSSR count). The van der Waals surface area contributed by atoms with E-state index in [2.05, 4.69) is 15.0 Å². The van der Waals surface area contributed by atoms with Gasteiger partial charge in [-0.25, -0.2) is 13.1 Å². The third-order valence-corrected chi connectivity index (χ3v) is 5.43. The second-order valence-corrected chi connectivity index (χ2v) is 7.68. The van der Waals surface area contributed by atoms with Crippen LogP contribution in [0.3, 0.4) is 0 Å². The van der Waals surface area contributed by atoms with E-state index in [1.54, 1.807) is 49.5 Å². The molecule has 0 saturated heterocycles. The molecule has 0 bridgehead atoms. The number of amides is 1. The van der Waals surface area contributed by atoms with Crippen molar-refractivity contribution in [3.8, 4) is 0 Å². The molecule has 0 aliphatic rings. The van der Waals surface area contributed by atoms with E-state index in [4.69, 9.17) is 0 Å². The molecule has 0 fully saturated rings. The molecule has 1 aromatic carbocycles. The van der Waals surface area contributed by atoms with Crippen LogP contribution in [0.5, 0.6) is 0 Å². The van der Waals surface area contributed by atoms with Crippen LogP contribution in [0.4, 0.5) is 0 Å². The average Bonchev–Trinajstić information content (AvgIpc) is 2.67. The minimum atomic E-state index is -3.46. The van der Waals surface area contributed by atoms with Gasteiger partial charge in [-0.05, 0) is 36.2 Å². The van der Waals surface area contributed by atoms with Gasteiger partial charge >= 0.3 is 0 Å². The van der Waals surface area contributed by atoms with Crippen molar-refractivity contribution < 1.29 is 18.0 Å². The van der Waals surface area contributed by atoms with Gasteiger partial charge in [0.2, 0.25) is 15.9 Å². The van der Waals surface area contributed by atoms with Crippen LogP contribution < -0.4 is 10.0 Å². The summed E-state index contributed by atoms with van der Waals surface area (Å²) in [6, 6.07) is 9.89. The monoisotopic (exact) mass is 389 g/mol. The molecule has 1 aromatic heterocycles. The number of nitrogens with one attached hydrogen (secondary N) is 2. The lowest BCUT2D eigenvalue weighted by Gasteiger charge is -2.07. The number of hydrogen-bond acceptors (Lipinski definition) is 5. The number of carbonyl (C=O) groups excluding carboxylic acids is 2. The number of hydrogen-bond donors (Lipinski definition) is 2. The first-order valence-electron chi connectivity index (χ1n) is 8.71. The Balaban J connectivity index is 1.74. The molecule has 0 atom stereocenters. The summed E-state index contributed by atoms with van der Waals surface area (Å²) >= 11 is 0. The fraction of sp³-hybridized carbons (Fsp3) is 0.316. The Morgan fingerprint density at radius 1 is 1.07 bits per heavy atom. The molecule has 27 heavy (non-hydrogen) atoms. The van der Waals surface area contributed by atoms with Crippen LogP contribution in [0.25, 0.3) is 0 Å². The molecule has 0 radical (unpaired) electrons. The zero-order chi connectivity index (χ0) is 19.7. The first kappa shape index (κ1) is 20.7. The standard InChI is InChI=1S/C19H23N3O4S/c1-2-22-27(25,26)17-7-5-15(6-8-17)11-13-21-19(24)10-9-18(23)16-4-3-12-20-14-16/h3-8,12,14,22H,2,9-11,13H2,1H3,(H,21,24). The third kappa shape index (κ3) is 6.58. The van der Waals surface area contributed by atoms with Gasteiger partial charge in [-0.3, -0.25) is 14.6 Å². The summed E-state index contributed by atoms with van der Waals surface area (Å²) < 4.78 is 26.2. The van der Waals surface area contributed by atoms with Gasteiger partial charge in [-0.1, -0.05) is 19.1 Å². The van der Waals surface area contributed by atoms with Crippen LogP contribution >= 0.6 is 0 Å². The van der Waals surface area contributed by atoms with Crippen LogP contribution in [-0.4, -0.2) is 38.2 Å². The van der Waals surface area contributed by atoms with Gasteiger partial charge in [-0.15, -0.1) is 0 Å². The molecular formula is C19H23N3O4S. The minimum Gasteiger partial charge on any atom is -0.356 e. The lowest BCUT2D eigenvalue weighted by molar-refractivity contribution is -0.121. The zero-order valence-corrected chi connectivity index (χ0v) is 16.0. The third-order valence-electron chi connectivity index (χ3n) is 3.87. The number of rotatable bonds is 10. The fourth-order valence-electron chi connectivity index (χ4n) is 2.44. The molecule has 0 saturated carbocycles. The highest BCUT2D eigenvalue weighted by atomic mass is 32.2.